The highest BCUT2D eigenvalue weighted by atomic mass is 79.9. The molecule has 0 bridgehead atoms. The van der Waals surface area contributed by atoms with Crippen LogP contribution in [-0.2, 0) is 6.42 Å². The Balaban J connectivity index is 2.23. The van der Waals surface area contributed by atoms with E-state index in [0.717, 1.165) is 5.56 Å². The first kappa shape index (κ1) is 17.8. The molecule has 23 heavy (non-hydrogen) atoms. The van der Waals surface area contributed by atoms with E-state index in [1.165, 1.54) is 18.2 Å². The normalized spacial score (nSPS) is 14.3. The van der Waals surface area contributed by atoms with Crippen LogP contribution in [0.15, 0.2) is 53.0 Å². The van der Waals surface area contributed by atoms with Gasteiger partial charge in [-0.25, -0.2) is 0 Å². The summed E-state index contributed by atoms with van der Waals surface area (Å²) in [7, 11) is 0. The van der Waals surface area contributed by atoms with Gasteiger partial charge in [0.15, 0.2) is 0 Å². The van der Waals surface area contributed by atoms with Crippen LogP contribution in [0.2, 0.25) is 0 Å². The number of hydrogen-bond donors (Lipinski definition) is 2. The fraction of sp³-hybridized carbons (Fsp3) is 0.250. The van der Waals surface area contributed by atoms with Gasteiger partial charge >= 0.3 is 6.36 Å². The highest BCUT2D eigenvalue weighted by Gasteiger charge is 2.33. The number of aliphatic hydroxyl groups excluding tert-OH is 1. The summed E-state index contributed by atoms with van der Waals surface area (Å²) in [6, 6.07) is 12.1. The molecule has 0 aliphatic heterocycles. The van der Waals surface area contributed by atoms with Gasteiger partial charge < -0.3 is 15.6 Å². The van der Waals surface area contributed by atoms with Crippen molar-refractivity contribution in [3.8, 4) is 5.75 Å². The molecule has 0 fully saturated rings. The Kier molecular flexibility index (Phi) is 5.67. The van der Waals surface area contributed by atoms with Crippen LogP contribution in [0.5, 0.6) is 5.75 Å². The Morgan fingerprint density at radius 1 is 1.13 bits per heavy atom. The summed E-state index contributed by atoms with van der Waals surface area (Å²) in [5.41, 5.74) is 6.88. The lowest BCUT2D eigenvalue weighted by atomic mass is 9.96. The first-order valence-corrected chi connectivity index (χ1v) is 7.58. The predicted octanol–water partition coefficient (Wildman–Crippen LogP) is 3.95. The molecule has 0 saturated carbocycles. The van der Waals surface area contributed by atoms with Crippen molar-refractivity contribution < 1.29 is 23.0 Å². The van der Waals surface area contributed by atoms with E-state index in [1.807, 2.05) is 30.3 Å². The Bertz CT molecular complexity index is 650. The van der Waals surface area contributed by atoms with E-state index in [4.69, 9.17) is 5.73 Å². The Morgan fingerprint density at radius 2 is 1.78 bits per heavy atom. The van der Waals surface area contributed by atoms with Gasteiger partial charge in [0, 0.05) is 16.5 Å². The van der Waals surface area contributed by atoms with E-state index < -0.39 is 24.3 Å². The Hall–Kier alpha value is -1.57. The third-order valence-electron chi connectivity index (χ3n) is 3.26. The Labute approximate surface area is 140 Å². The highest BCUT2D eigenvalue weighted by molar-refractivity contribution is 9.10. The maximum Gasteiger partial charge on any atom is 0.573 e. The number of nitrogens with two attached hydrogens (primary N) is 1. The molecule has 0 aliphatic rings. The topological polar surface area (TPSA) is 55.5 Å². The first-order chi connectivity index (χ1) is 10.8. The average Bonchev–Trinajstić information content (AvgIpc) is 2.48. The minimum Gasteiger partial charge on any atom is -0.405 e. The molecule has 0 heterocycles. The second-order valence-corrected chi connectivity index (χ2v) is 5.93. The van der Waals surface area contributed by atoms with Crippen molar-refractivity contribution in [3.63, 3.8) is 0 Å². The summed E-state index contributed by atoms with van der Waals surface area (Å²) in [5, 5.41) is 10.3. The van der Waals surface area contributed by atoms with Gasteiger partial charge in [0.05, 0.1) is 12.1 Å². The maximum absolute atomic E-state index is 12.5. The number of halogens is 4. The molecular weight excluding hydrogens is 375 g/mol. The summed E-state index contributed by atoms with van der Waals surface area (Å²) in [5.74, 6) is -0.416. The summed E-state index contributed by atoms with van der Waals surface area (Å²) >= 11 is 3.19. The number of ether oxygens (including phenoxy) is 1. The minimum atomic E-state index is -4.83. The number of benzene rings is 2. The number of hydrogen-bond acceptors (Lipinski definition) is 3. The van der Waals surface area contributed by atoms with Crippen LogP contribution < -0.4 is 10.5 Å². The molecule has 0 amide bonds. The van der Waals surface area contributed by atoms with Crippen molar-refractivity contribution in [1.29, 1.82) is 0 Å². The molecule has 2 rings (SSSR count). The van der Waals surface area contributed by atoms with E-state index in [2.05, 4.69) is 20.7 Å². The lowest BCUT2D eigenvalue weighted by molar-refractivity contribution is -0.275. The standard InChI is InChI=1S/C16H15BrF3NO2/c17-11-6-7-14(23-16(18,19)20)12(9-11)15(21)13(22)8-10-4-2-1-3-5-10/h1-7,9,13,15,22H,8,21H2/t13-,15+/m0/s1. The van der Waals surface area contributed by atoms with Crippen molar-refractivity contribution in [3.05, 3.63) is 64.1 Å². The number of aliphatic hydroxyl groups is 1. The largest absolute Gasteiger partial charge is 0.573 e. The van der Waals surface area contributed by atoms with E-state index in [1.54, 1.807) is 0 Å². The van der Waals surface area contributed by atoms with Crippen LogP contribution in [0.4, 0.5) is 13.2 Å². The van der Waals surface area contributed by atoms with Gasteiger partial charge in [0.25, 0.3) is 0 Å². The van der Waals surface area contributed by atoms with Crippen molar-refractivity contribution >= 4 is 15.9 Å². The van der Waals surface area contributed by atoms with Crippen molar-refractivity contribution in [1.82, 2.24) is 0 Å². The quantitative estimate of drug-likeness (QED) is 0.813. The first-order valence-electron chi connectivity index (χ1n) is 6.79. The second kappa shape index (κ2) is 7.33. The average molecular weight is 390 g/mol. The molecule has 0 aliphatic carbocycles. The molecular formula is C16H15BrF3NO2. The zero-order valence-electron chi connectivity index (χ0n) is 11.9. The molecule has 2 aromatic rings. The van der Waals surface area contributed by atoms with Gasteiger partial charge in [-0.1, -0.05) is 46.3 Å². The lowest BCUT2D eigenvalue weighted by Gasteiger charge is -2.22. The highest BCUT2D eigenvalue weighted by Crippen LogP contribution is 2.33. The zero-order valence-corrected chi connectivity index (χ0v) is 13.5. The van der Waals surface area contributed by atoms with E-state index >= 15 is 0 Å². The molecule has 0 radical (unpaired) electrons. The summed E-state index contributed by atoms with van der Waals surface area (Å²) < 4.78 is 42.0. The van der Waals surface area contributed by atoms with Crippen LogP contribution >= 0.6 is 15.9 Å². The molecule has 2 atom stereocenters. The molecule has 0 spiro atoms. The van der Waals surface area contributed by atoms with E-state index in [-0.39, 0.29) is 12.0 Å². The van der Waals surface area contributed by atoms with Crippen LogP contribution in [0.3, 0.4) is 0 Å². The van der Waals surface area contributed by atoms with Gasteiger partial charge in [0.2, 0.25) is 0 Å². The van der Waals surface area contributed by atoms with Crippen LogP contribution in [0.1, 0.15) is 17.2 Å². The molecule has 2 aromatic carbocycles. The van der Waals surface area contributed by atoms with Crippen LogP contribution in [0.25, 0.3) is 0 Å². The summed E-state index contributed by atoms with van der Waals surface area (Å²) in [4.78, 5) is 0. The third-order valence-corrected chi connectivity index (χ3v) is 3.75. The van der Waals surface area contributed by atoms with E-state index in [9.17, 15) is 18.3 Å². The van der Waals surface area contributed by atoms with Crippen molar-refractivity contribution in [2.75, 3.05) is 0 Å². The van der Waals surface area contributed by atoms with Gasteiger partial charge in [-0.3, -0.25) is 0 Å². The second-order valence-electron chi connectivity index (χ2n) is 5.01. The Morgan fingerprint density at radius 3 is 2.39 bits per heavy atom. The molecule has 3 N–H and O–H groups in total. The molecule has 7 heteroatoms. The summed E-state index contributed by atoms with van der Waals surface area (Å²) in [6.07, 6.45) is -5.66. The fourth-order valence-electron chi connectivity index (χ4n) is 2.19. The molecule has 0 aromatic heterocycles. The SMILES string of the molecule is N[C@H](c1cc(Br)ccc1OC(F)(F)F)[C@@H](O)Cc1ccccc1. The fourth-order valence-corrected chi connectivity index (χ4v) is 2.57. The van der Waals surface area contributed by atoms with Crippen LogP contribution in [-0.4, -0.2) is 17.6 Å². The molecule has 124 valence electrons. The van der Waals surface area contributed by atoms with Crippen molar-refractivity contribution in [2.24, 2.45) is 5.73 Å². The minimum absolute atomic E-state index is 0.0835. The van der Waals surface area contributed by atoms with E-state index in [0.29, 0.717) is 4.47 Å². The van der Waals surface area contributed by atoms with Crippen LogP contribution in [0, 0.1) is 0 Å². The van der Waals surface area contributed by atoms with Gasteiger partial charge in [-0.15, -0.1) is 13.2 Å². The maximum atomic E-state index is 12.5. The molecule has 0 saturated heterocycles. The third kappa shape index (κ3) is 5.23. The number of rotatable bonds is 5. The van der Waals surface area contributed by atoms with Crippen molar-refractivity contribution in [2.45, 2.75) is 24.9 Å². The monoisotopic (exact) mass is 389 g/mol. The van der Waals surface area contributed by atoms with Gasteiger partial charge in [-0.05, 0) is 23.8 Å². The van der Waals surface area contributed by atoms with Gasteiger partial charge in [-0.2, -0.15) is 0 Å². The van der Waals surface area contributed by atoms with Gasteiger partial charge in [0.1, 0.15) is 5.75 Å². The molecule has 0 unspecified atom stereocenters. The predicted molar refractivity (Wildman–Crippen MR) is 83.9 cm³/mol. The lowest BCUT2D eigenvalue weighted by Crippen LogP contribution is -2.29. The zero-order chi connectivity index (χ0) is 17.0. The smallest absolute Gasteiger partial charge is 0.405 e. The summed E-state index contributed by atoms with van der Waals surface area (Å²) in [6.45, 7) is 0. The molecule has 3 nitrogen and oxygen atoms in total. The number of alkyl halides is 3.